The number of hydrogen-bond acceptors (Lipinski definition) is 3. The third-order valence-corrected chi connectivity index (χ3v) is 4.27. The molecule has 1 amide bonds. The van der Waals surface area contributed by atoms with Crippen molar-refractivity contribution in [1.82, 2.24) is 0 Å². The Morgan fingerprint density at radius 1 is 1.09 bits per heavy atom. The summed E-state index contributed by atoms with van der Waals surface area (Å²) in [6, 6.07) is 11.1. The van der Waals surface area contributed by atoms with Gasteiger partial charge in [0, 0.05) is 16.6 Å². The molecule has 0 fully saturated rings. The standard InChI is InChI=1S/C17H12BrNO4/c18-13-7-11-9-3-1-2-4-10(9)17(23)12(11)8-14(13)19-15(20)5-6-16(21)22/h1-8,17,23H,(H,19,20)(H,21,22). The number of carboxylic acid groups (broad SMARTS) is 1. The number of rotatable bonds is 3. The van der Waals surface area contributed by atoms with Crippen LogP contribution in [0.4, 0.5) is 5.69 Å². The summed E-state index contributed by atoms with van der Waals surface area (Å²) in [5.74, 6) is -1.75. The molecule has 6 heteroatoms. The molecule has 0 aliphatic heterocycles. The molecule has 1 unspecified atom stereocenters. The predicted molar refractivity (Wildman–Crippen MR) is 89.0 cm³/mol. The van der Waals surface area contributed by atoms with Crippen LogP contribution in [0, 0.1) is 0 Å². The van der Waals surface area contributed by atoms with Gasteiger partial charge in [0.05, 0.1) is 5.69 Å². The summed E-state index contributed by atoms with van der Waals surface area (Å²) in [5.41, 5.74) is 3.85. The van der Waals surface area contributed by atoms with E-state index in [1.807, 2.05) is 30.3 Å². The number of carbonyl (C=O) groups is 2. The minimum atomic E-state index is -1.20. The fourth-order valence-electron chi connectivity index (χ4n) is 2.61. The van der Waals surface area contributed by atoms with E-state index in [1.165, 1.54) is 0 Å². The number of carboxylic acids is 1. The van der Waals surface area contributed by atoms with Gasteiger partial charge in [0.1, 0.15) is 6.10 Å². The van der Waals surface area contributed by atoms with Crippen LogP contribution in [0.5, 0.6) is 0 Å². The van der Waals surface area contributed by atoms with Crippen molar-refractivity contribution in [2.45, 2.75) is 6.10 Å². The van der Waals surface area contributed by atoms with Crippen LogP contribution in [0.15, 0.2) is 53.0 Å². The summed E-state index contributed by atoms with van der Waals surface area (Å²) in [7, 11) is 0. The van der Waals surface area contributed by atoms with Crippen molar-refractivity contribution in [1.29, 1.82) is 0 Å². The lowest BCUT2D eigenvalue weighted by atomic mass is 10.1. The molecule has 0 saturated heterocycles. The second kappa shape index (κ2) is 5.98. The largest absolute Gasteiger partial charge is 0.478 e. The van der Waals surface area contributed by atoms with Gasteiger partial charge >= 0.3 is 5.97 Å². The molecule has 0 spiro atoms. The van der Waals surface area contributed by atoms with Gasteiger partial charge < -0.3 is 15.5 Å². The van der Waals surface area contributed by atoms with Crippen molar-refractivity contribution in [2.24, 2.45) is 0 Å². The molecule has 3 rings (SSSR count). The highest BCUT2D eigenvalue weighted by atomic mass is 79.9. The average Bonchev–Trinajstić information content (AvgIpc) is 2.79. The number of aliphatic carboxylic acids is 1. The monoisotopic (exact) mass is 373 g/mol. The van der Waals surface area contributed by atoms with Crippen molar-refractivity contribution in [3.8, 4) is 11.1 Å². The Kier molecular flexibility index (Phi) is 4.02. The Labute approximate surface area is 140 Å². The molecule has 1 aliphatic carbocycles. The minimum absolute atomic E-state index is 0.468. The Bertz CT molecular complexity index is 844. The normalized spacial score (nSPS) is 15.3. The summed E-state index contributed by atoms with van der Waals surface area (Å²) in [6.07, 6.45) is 0.952. The SMILES string of the molecule is O=C(O)C=CC(=O)Nc1cc2c(cc1Br)-c1ccccc1C2O. The Hall–Kier alpha value is -2.44. The van der Waals surface area contributed by atoms with Crippen molar-refractivity contribution >= 4 is 33.5 Å². The Balaban J connectivity index is 1.95. The number of hydrogen-bond donors (Lipinski definition) is 3. The summed E-state index contributed by atoms with van der Waals surface area (Å²) in [4.78, 5) is 22.2. The van der Waals surface area contributed by atoms with Crippen molar-refractivity contribution in [2.75, 3.05) is 5.32 Å². The number of fused-ring (bicyclic) bond motifs is 3. The van der Waals surface area contributed by atoms with Gasteiger partial charge in [-0.25, -0.2) is 4.79 Å². The average molecular weight is 374 g/mol. The van der Waals surface area contributed by atoms with Crippen LogP contribution >= 0.6 is 15.9 Å². The Morgan fingerprint density at radius 2 is 1.83 bits per heavy atom. The van der Waals surface area contributed by atoms with Gasteiger partial charge in [0.2, 0.25) is 5.91 Å². The number of benzene rings is 2. The highest BCUT2D eigenvalue weighted by Gasteiger charge is 2.27. The molecule has 116 valence electrons. The van der Waals surface area contributed by atoms with Gasteiger partial charge in [-0.3, -0.25) is 4.79 Å². The summed E-state index contributed by atoms with van der Waals surface area (Å²) < 4.78 is 0.650. The van der Waals surface area contributed by atoms with Crippen molar-refractivity contribution < 1.29 is 19.8 Å². The molecule has 1 aliphatic rings. The smallest absolute Gasteiger partial charge is 0.328 e. The van der Waals surface area contributed by atoms with E-state index in [0.717, 1.165) is 28.8 Å². The highest BCUT2D eigenvalue weighted by molar-refractivity contribution is 9.10. The Morgan fingerprint density at radius 3 is 2.57 bits per heavy atom. The lowest BCUT2D eigenvalue weighted by Crippen LogP contribution is -2.10. The summed E-state index contributed by atoms with van der Waals surface area (Å²) in [5, 5.41) is 21.6. The zero-order valence-corrected chi connectivity index (χ0v) is 13.4. The van der Waals surface area contributed by atoms with Crippen LogP contribution in [0.1, 0.15) is 17.2 Å². The summed E-state index contributed by atoms with van der Waals surface area (Å²) in [6.45, 7) is 0. The zero-order valence-electron chi connectivity index (χ0n) is 11.8. The number of amides is 1. The van der Waals surface area contributed by atoms with E-state index in [0.29, 0.717) is 15.7 Å². The van der Waals surface area contributed by atoms with Gasteiger partial charge in [-0.05, 0) is 50.3 Å². The van der Waals surface area contributed by atoms with E-state index >= 15 is 0 Å². The van der Waals surface area contributed by atoms with E-state index in [-0.39, 0.29) is 0 Å². The molecule has 0 aromatic heterocycles. The van der Waals surface area contributed by atoms with E-state index in [1.54, 1.807) is 6.07 Å². The summed E-state index contributed by atoms with van der Waals surface area (Å²) >= 11 is 3.39. The van der Waals surface area contributed by atoms with E-state index in [2.05, 4.69) is 21.2 Å². The first-order valence-corrected chi connectivity index (χ1v) is 7.59. The van der Waals surface area contributed by atoms with Crippen molar-refractivity contribution in [3.63, 3.8) is 0 Å². The fraction of sp³-hybridized carbons (Fsp3) is 0.0588. The molecule has 0 heterocycles. The molecular formula is C17H12BrNO4. The maximum Gasteiger partial charge on any atom is 0.328 e. The first-order chi connectivity index (χ1) is 11.0. The molecule has 5 nitrogen and oxygen atoms in total. The van der Waals surface area contributed by atoms with E-state index in [4.69, 9.17) is 5.11 Å². The molecular weight excluding hydrogens is 362 g/mol. The van der Waals surface area contributed by atoms with Gasteiger partial charge in [-0.2, -0.15) is 0 Å². The van der Waals surface area contributed by atoms with Gasteiger partial charge in [-0.1, -0.05) is 24.3 Å². The maximum absolute atomic E-state index is 11.7. The first kappa shape index (κ1) is 15.5. The number of halogens is 1. The van der Waals surface area contributed by atoms with Gasteiger partial charge in [0.15, 0.2) is 0 Å². The fourth-order valence-corrected chi connectivity index (χ4v) is 3.06. The zero-order chi connectivity index (χ0) is 16.6. The van der Waals surface area contributed by atoms with Gasteiger partial charge in [0.25, 0.3) is 0 Å². The molecule has 0 radical (unpaired) electrons. The van der Waals surface area contributed by atoms with Crippen LogP contribution in [-0.2, 0) is 9.59 Å². The molecule has 2 aromatic rings. The predicted octanol–water partition coefficient (Wildman–Crippen LogP) is 3.09. The number of aliphatic hydroxyl groups excluding tert-OH is 1. The van der Waals surface area contributed by atoms with Gasteiger partial charge in [-0.15, -0.1) is 0 Å². The number of carbonyl (C=O) groups excluding carboxylic acids is 1. The van der Waals surface area contributed by atoms with Crippen LogP contribution in [0.25, 0.3) is 11.1 Å². The van der Waals surface area contributed by atoms with Crippen LogP contribution in [0.3, 0.4) is 0 Å². The highest BCUT2D eigenvalue weighted by Crippen LogP contribution is 2.46. The van der Waals surface area contributed by atoms with Crippen LogP contribution in [-0.4, -0.2) is 22.1 Å². The third kappa shape index (κ3) is 2.91. The molecule has 3 N–H and O–H groups in total. The van der Waals surface area contributed by atoms with Crippen molar-refractivity contribution in [3.05, 3.63) is 64.1 Å². The van der Waals surface area contributed by atoms with E-state index in [9.17, 15) is 14.7 Å². The second-order valence-corrected chi connectivity index (χ2v) is 5.92. The third-order valence-electron chi connectivity index (χ3n) is 3.61. The molecule has 1 atom stereocenters. The van der Waals surface area contributed by atoms with E-state index < -0.39 is 18.0 Å². The minimum Gasteiger partial charge on any atom is -0.478 e. The lowest BCUT2D eigenvalue weighted by molar-refractivity contribution is -0.131. The molecule has 2 aromatic carbocycles. The quantitative estimate of drug-likeness (QED) is 0.721. The molecule has 0 saturated carbocycles. The first-order valence-electron chi connectivity index (χ1n) is 6.80. The number of nitrogens with one attached hydrogen (secondary N) is 1. The number of anilines is 1. The number of aliphatic hydroxyl groups is 1. The topological polar surface area (TPSA) is 86.6 Å². The molecule has 23 heavy (non-hydrogen) atoms. The lowest BCUT2D eigenvalue weighted by Gasteiger charge is -2.11. The van der Waals surface area contributed by atoms with Crippen LogP contribution < -0.4 is 5.32 Å². The molecule has 0 bridgehead atoms. The van der Waals surface area contributed by atoms with Crippen LogP contribution in [0.2, 0.25) is 0 Å². The second-order valence-electron chi connectivity index (χ2n) is 5.07. The maximum atomic E-state index is 11.7.